The summed E-state index contributed by atoms with van der Waals surface area (Å²) < 4.78 is 0.487. The molecule has 3 aromatic rings. The molecule has 0 unspecified atom stereocenters. The average Bonchev–Trinajstić information content (AvgIpc) is 3.10. The van der Waals surface area contributed by atoms with Gasteiger partial charge in [-0.15, -0.1) is 0 Å². The van der Waals surface area contributed by atoms with Gasteiger partial charge in [0.05, 0.1) is 11.4 Å². The molecule has 1 saturated heterocycles. The lowest BCUT2D eigenvalue weighted by Crippen LogP contribution is -2.36. The number of anilines is 1. The fraction of sp³-hybridized carbons (Fsp3) is 0.148. The van der Waals surface area contributed by atoms with Gasteiger partial charge in [-0.05, 0) is 36.3 Å². The highest BCUT2D eigenvalue weighted by Gasteiger charge is 2.32. The van der Waals surface area contributed by atoms with Gasteiger partial charge in [0.1, 0.15) is 4.32 Å². The predicted molar refractivity (Wildman–Crippen MR) is 140 cm³/mol. The number of amides is 2. The number of para-hydroxylation sites is 1. The number of thiocarbonyl (C=S) groups is 1. The van der Waals surface area contributed by atoms with Gasteiger partial charge in [0.2, 0.25) is 5.91 Å². The molecular formula is C27H24N2O2S2. The molecule has 0 bridgehead atoms. The Morgan fingerprint density at radius 2 is 1.61 bits per heavy atom. The van der Waals surface area contributed by atoms with Crippen LogP contribution in [0.1, 0.15) is 23.1 Å². The van der Waals surface area contributed by atoms with Crippen molar-refractivity contribution in [2.45, 2.75) is 19.9 Å². The van der Waals surface area contributed by atoms with E-state index in [0.717, 1.165) is 22.4 Å². The maximum atomic E-state index is 13.2. The Morgan fingerprint density at radius 1 is 0.970 bits per heavy atom. The van der Waals surface area contributed by atoms with Crippen molar-refractivity contribution in [1.82, 2.24) is 4.90 Å². The molecule has 6 heteroatoms. The summed E-state index contributed by atoms with van der Waals surface area (Å²) in [6.07, 6.45) is 2.04. The number of nitrogens with zero attached hydrogens (tertiary/aromatic N) is 2. The van der Waals surface area contributed by atoms with E-state index < -0.39 is 0 Å². The zero-order chi connectivity index (χ0) is 23.2. The number of carbonyl (C=O) groups is 2. The molecular weight excluding hydrogens is 448 g/mol. The molecule has 0 aliphatic carbocycles. The molecule has 0 saturated carbocycles. The van der Waals surface area contributed by atoms with E-state index in [1.54, 1.807) is 4.90 Å². The van der Waals surface area contributed by atoms with Crippen LogP contribution in [0.2, 0.25) is 0 Å². The van der Waals surface area contributed by atoms with Gasteiger partial charge < -0.3 is 4.90 Å². The van der Waals surface area contributed by atoms with Crippen molar-refractivity contribution < 1.29 is 9.59 Å². The van der Waals surface area contributed by atoms with Gasteiger partial charge in [0.15, 0.2) is 0 Å². The van der Waals surface area contributed by atoms with Crippen LogP contribution in [0.4, 0.5) is 5.69 Å². The van der Waals surface area contributed by atoms with E-state index in [-0.39, 0.29) is 24.8 Å². The van der Waals surface area contributed by atoms with E-state index in [9.17, 15) is 9.59 Å². The molecule has 0 atom stereocenters. The summed E-state index contributed by atoms with van der Waals surface area (Å²) in [6, 6.07) is 27.5. The van der Waals surface area contributed by atoms with E-state index in [1.165, 1.54) is 16.7 Å². The standard InChI is InChI=1S/C27H24N2O2S2/c1-20-12-14-21(15-13-20)18-24-26(31)28(27(32)33-24)17-16-25(30)29(23-10-6-3-7-11-23)19-22-8-4-2-5-9-22/h2-15,18H,16-17,19H2,1H3/b24-18+. The van der Waals surface area contributed by atoms with Crippen LogP contribution < -0.4 is 4.90 Å². The fourth-order valence-corrected chi connectivity index (χ4v) is 4.86. The molecule has 33 heavy (non-hydrogen) atoms. The Hall–Kier alpha value is -3.22. The zero-order valence-corrected chi connectivity index (χ0v) is 19.9. The number of carbonyl (C=O) groups excluding carboxylic acids is 2. The summed E-state index contributed by atoms with van der Waals surface area (Å²) in [5, 5.41) is 0. The number of benzene rings is 3. The summed E-state index contributed by atoms with van der Waals surface area (Å²) in [5.74, 6) is -0.200. The second-order valence-electron chi connectivity index (χ2n) is 7.80. The summed E-state index contributed by atoms with van der Waals surface area (Å²) in [6.45, 7) is 2.75. The predicted octanol–water partition coefficient (Wildman–Crippen LogP) is 5.82. The Bertz CT molecular complexity index is 1180. The number of aryl methyl sites for hydroxylation is 1. The van der Waals surface area contributed by atoms with Gasteiger partial charge in [-0.3, -0.25) is 14.5 Å². The first-order chi connectivity index (χ1) is 16.0. The quantitative estimate of drug-likeness (QED) is 0.321. The molecule has 1 aliphatic heterocycles. The highest BCUT2D eigenvalue weighted by atomic mass is 32.2. The molecule has 2 amide bonds. The van der Waals surface area contributed by atoms with Crippen LogP contribution >= 0.6 is 24.0 Å². The lowest BCUT2D eigenvalue weighted by molar-refractivity contribution is -0.123. The minimum absolute atomic E-state index is 0.0541. The first-order valence-electron chi connectivity index (χ1n) is 10.7. The highest BCUT2D eigenvalue weighted by molar-refractivity contribution is 8.26. The van der Waals surface area contributed by atoms with Crippen LogP contribution in [-0.4, -0.2) is 27.6 Å². The lowest BCUT2D eigenvalue weighted by atomic mass is 10.1. The largest absolute Gasteiger partial charge is 0.308 e. The average molecular weight is 473 g/mol. The van der Waals surface area contributed by atoms with Crippen LogP contribution in [0.3, 0.4) is 0 Å². The SMILES string of the molecule is Cc1ccc(/C=C2/SC(=S)N(CCC(=O)N(Cc3ccccc3)c3ccccc3)C2=O)cc1. The summed E-state index contributed by atoms with van der Waals surface area (Å²) >= 11 is 6.73. The maximum Gasteiger partial charge on any atom is 0.266 e. The number of hydrogen-bond donors (Lipinski definition) is 0. The molecule has 0 radical (unpaired) electrons. The highest BCUT2D eigenvalue weighted by Crippen LogP contribution is 2.33. The van der Waals surface area contributed by atoms with Crippen LogP contribution in [0.5, 0.6) is 0 Å². The molecule has 4 rings (SSSR count). The number of hydrogen-bond acceptors (Lipinski definition) is 4. The van der Waals surface area contributed by atoms with E-state index in [4.69, 9.17) is 12.2 Å². The Balaban J connectivity index is 1.46. The van der Waals surface area contributed by atoms with E-state index in [0.29, 0.717) is 15.8 Å². The van der Waals surface area contributed by atoms with Gasteiger partial charge in [0.25, 0.3) is 5.91 Å². The summed E-state index contributed by atoms with van der Waals surface area (Å²) in [4.78, 5) is 30.1. The van der Waals surface area contributed by atoms with Crippen LogP contribution in [0.25, 0.3) is 6.08 Å². The molecule has 3 aromatic carbocycles. The van der Waals surface area contributed by atoms with Crippen molar-refractivity contribution in [3.8, 4) is 0 Å². The third-order valence-electron chi connectivity index (χ3n) is 5.35. The summed E-state index contributed by atoms with van der Waals surface area (Å²) in [7, 11) is 0. The normalized spacial score (nSPS) is 14.7. The zero-order valence-electron chi connectivity index (χ0n) is 18.3. The van der Waals surface area contributed by atoms with Crippen molar-refractivity contribution in [3.63, 3.8) is 0 Å². The van der Waals surface area contributed by atoms with Gasteiger partial charge in [0, 0.05) is 18.7 Å². The topological polar surface area (TPSA) is 40.6 Å². The Kier molecular flexibility index (Phi) is 7.37. The van der Waals surface area contributed by atoms with E-state index in [2.05, 4.69) is 0 Å². The smallest absolute Gasteiger partial charge is 0.266 e. The Labute approximate surface area is 203 Å². The van der Waals surface area contributed by atoms with Crippen molar-refractivity contribution in [1.29, 1.82) is 0 Å². The number of rotatable bonds is 7. The van der Waals surface area contributed by atoms with Gasteiger partial charge in [-0.1, -0.05) is 102 Å². The molecule has 1 aliphatic rings. The number of thioether (sulfide) groups is 1. The second kappa shape index (κ2) is 10.6. The van der Waals surface area contributed by atoms with E-state index in [1.807, 2.05) is 97.9 Å². The third-order valence-corrected chi connectivity index (χ3v) is 6.73. The van der Waals surface area contributed by atoms with Gasteiger partial charge in [-0.2, -0.15) is 0 Å². The summed E-state index contributed by atoms with van der Waals surface area (Å²) in [5.41, 5.74) is 3.99. The van der Waals surface area contributed by atoms with Crippen LogP contribution in [0.15, 0.2) is 89.8 Å². The minimum atomic E-state index is -0.146. The first kappa shape index (κ1) is 23.0. The molecule has 166 valence electrons. The maximum absolute atomic E-state index is 13.2. The van der Waals surface area contributed by atoms with Crippen molar-refractivity contribution in [2.75, 3.05) is 11.4 Å². The molecule has 1 heterocycles. The lowest BCUT2D eigenvalue weighted by Gasteiger charge is -2.24. The third kappa shape index (κ3) is 5.78. The van der Waals surface area contributed by atoms with Crippen LogP contribution in [0, 0.1) is 6.92 Å². The Morgan fingerprint density at radius 3 is 2.27 bits per heavy atom. The van der Waals surface area contributed by atoms with Gasteiger partial charge in [-0.25, -0.2) is 0 Å². The first-order valence-corrected chi connectivity index (χ1v) is 11.9. The molecule has 4 nitrogen and oxygen atoms in total. The molecule has 0 spiro atoms. The van der Waals surface area contributed by atoms with Crippen molar-refractivity contribution >= 4 is 51.9 Å². The van der Waals surface area contributed by atoms with Gasteiger partial charge >= 0.3 is 0 Å². The van der Waals surface area contributed by atoms with Crippen LogP contribution in [-0.2, 0) is 16.1 Å². The molecule has 0 N–H and O–H groups in total. The molecule has 1 fully saturated rings. The minimum Gasteiger partial charge on any atom is -0.308 e. The van der Waals surface area contributed by atoms with Crippen molar-refractivity contribution in [2.24, 2.45) is 0 Å². The van der Waals surface area contributed by atoms with E-state index >= 15 is 0 Å². The second-order valence-corrected chi connectivity index (χ2v) is 9.47. The molecule has 0 aromatic heterocycles. The monoisotopic (exact) mass is 472 g/mol. The fourth-order valence-electron chi connectivity index (χ4n) is 3.55. The van der Waals surface area contributed by atoms with Crippen molar-refractivity contribution in [3.05, 3.63) is 107 Å².